The highest BCUT2D eigenvalue weighted by molar-refractivity contribution is 14.0. The summed E-state index contributed by atoms with van der Waals surface area (Å²) in [5.74, 6) is 2.37. The van der Waals surface area contributed by atoms with Gasteiger partial charge >= 0.3 is 0 Å². The highest BCUT2D eigenvalue weighted by Crippen LogP contribution is 2.26. The Morgan fingerprint density at radius 3 is 2.79 bits per heavy atom. The van der Waals surface area contributed by atoms with Crippen LogP contribution in [0, 0.1) is 5.92 Å². The molecule has 136 valence electrons. The van der Waals surface area contributed by atoms with Crippen LogP contribution >= 0.6 is 24.0 Å². The summed E-state index contributed by atoms with van der Waals surface area (Å²) in [5, 5.41) is 7.91. The van der Waals surface area contributed by atoms with Crippen molar-refractivity contribution in [1.82, 2.24) is 24.9 Å². The molecule has 0 aliphatic carbocycles. The van der Waals surface area contributed by atoms with E-state index in [0.717, 1.165) is 31.5 Å². The van der Waals surface area contributed by atoms with Crippen molar-refractivity contribution >= 4 is 29.9 Å². The molecular formula is C17H31IN6. The molecule has 1 aromatic heterocycles. The number of nitrogens with one attached hydrogen (secondary N) is 1. The second-order valence-electron chi connectivity index (χ2n) is 7.08. The van der Waals surface area contributed by atoms with Crippen LogP contribution in [0.25, 0.3) is 0 Å². The summed E-state index contributed by atoms with van der Waals surface area (Å²) >= 11 is 0. The number of likely N-dealkylation sites (tertiary alicyclic amines) is 2. The van der Waals surface area contributed by atoms with E-state index in [1.165, 1.54) is 37.9 Å². The van der Waals surface area contributed by atoms with E-state index in [4.69, 9.17) is 0 Å². The second-order valence-corrected chi connectivity index (χ2v) is 7.08. The predicted molar refractivity (Wildman–Crippen MR) is 109 cm³/mol. The van der Waals surface area contributed by atoms with E-state index in [-0.39, 0.29) is 24.0 Å². The van der Waals surface area contributed by atoms with Gasteiger partial charge in [-0.1, -0.05) is 0 Å². The van der Waals surface area contributed by atoms with Crippen LogP contribution < -0.4 is 5.32 Å². The quantitative estimate of drug-likeness (QED) is 0.437. The number of rotatable bonds is 3. The Morgan fingerprint density at radius 2 is 2.12 bits per heavy atom. The van der Waals surface area contributed by atoms with Crippen LogP contribution in [0.15, 0.2) is 17.4 Å². The summed E-state index contributed by atoms with van der Waals surface area (Å²) < 4.78 is 1.89. The lowest BCUT2D eigenvalue weighted by molar-refractivity contribution is 0.209. The van der Waals surface area contributed by atoms with E-state index >= 15 is 0 Å². The first-order valence-electron chi connectivity index (χ1n) is 8.78. The monoisotopic (exact) mass is 446 g/mol. The Morgan fingerprint density at radius 1 is 1.29 bits per heavy atom. The fraction of sp³-hybridized carbons (Fsp3) is 0.765. The maximum Gasteiger partial charge on any atom is 0.193 e. The summed E-state index contributed by atoms with van der Waals surface area (Å²) in [4.78, 5) is 9.33. The van der Waals surface area contributed by atoms with Crippen molar-refractivity contribution in [2.24, 2.45) is 18.0 Å². The van der Waals surface area contributed by atoms with Gasteiger partial charge in [0.15, 0.2) is 5.96 Å². The van der Waals surface area contributed by atoms with Gasteiger partial charge in [-0.3, -0.25) is 9.67 Å². The third-order valence-electron chi connectivity index (χ3n) is 5.17. The van der Waals surface area contributed by atoms with Crippen molar-refractivity contribution in [1.29, 1.82) is 0 Å². The minimum atomic E-state index is 0. The van der Waals surface area contributed by atoms with E-state index in [0.29, 0.717) is 5.92 Å². The molecule has 3 heterocycles. The summed E-state index contributed by atoms with van der Waals surface area (Å²) in [5.41, 5.74) is 1.35. The van der Waals surface area contributed by atoms with E-state index in [1.54, 1.807) is 0 Å². The van der Waals surface area contributed by atoms with Gasteiger partial charge in [0.1, 0.15) is 0 Å². The standard InChI is InChI=1S/C17H30N6.HI/c1-18-17(19-9-14-5-4-7-21(2)11-14)23-8-6-15(13-23)16-10-20-22(3)12-16;/h10,12,14-15H,4-9,11,13H2,1-3H3,(H,18,19);1H. The first-order valence-corrected chi connectivity index (χ1v) is 8.78. The smallest absolute Gasteiger partial charge is 0.193 e. The number of aryl methyl sites for hydroxylation is 1. The molecule has 2 unspecified atom stereocenters. The fourth-order valence-electron chi connectivity index (χ4n) is 3.88. The van der Waals surface area contributed by atoms with E-state index in [9.17, 15) is 0 Å². The summed E-state index contributed by atoms with van der Waals surface area (Å²) in [6.45, 7) is 5.58. The van der Waals surface area contributed by atoms with Crippen LogP contribution in [-0.4, -0.2) is 72.4 Å². The zero-order chi connectivity index (χ0) is 16.2. The lowest BCUT2D eigenvalue weighted by Crippen LogP contribution is -2.44. The molecule has 2 saturated heterocycles. The summed E-state index contributed by atoms with van der Waals surface area (Å²) in [6, 6.07) is 0. The van der Waals surface area contributed by atoms with Crippen molar-refractivity contribution in [2.75, 3.05) is 46.8 Å². The molecule has 7 heteroatoms. The predicted octanol–water partition coefficient (Wildman–Crippen LogP) is 1.74. The molecule has 0 amide bonds. The molecule has 1 N–H and O–H groups in total. The lowest BCUT2D eigenvalue weighted by atomic mass is 9.98. The van der Waals surface area contributed by atoms with E-state index < -0.39 is 0 Å². The Bertz CT molecular complexity index is 543. The van der Waals surface area contributed by atoms with Gasteiger partial charge in [-0.25, -0.2) is 0 Å². The van der Waals surface area contributed by atoms with Crippen LogP contribution in [0.3, 0.4) is 0 Å². The molecule has 0 saturated carbocycles. The van der Waals surface area contributed by atoms with Crippen LogP contribution in [-0.2, 0) is 7.05 Å². The van der Waals surface area contributed by atoms with Gasteiger partial charge in [0.05, 0.1) is 6.20 Å². The zero-order valence-corrected chi connectivity index (χ0v) is 17.4. The Kier molecular flexibility index (Phi) is 7.34. The minimum Gasteiger partial charge on any atom is -0.356 e. The molecule has 24 heavy (non-hydrogen) atoms. The van der Waals surface area contributed by atoms with Crippen LogP contribution in [0.2, 0.25) is 0 Å². The average Bonchev–Trinajstić information content (AvgIpc) is 3.17. The van der Waals surface area contributed by atoms with Gasteiger partial charge in [-0.05, 0) is 44.3 Å². The van der Waals surface area contributed by atoms with Crippen LogP contribution in [0.4, 0.5) is 0 Å². The molecule has 2 aliphatic rings. The minimum absolute atomic E-state index is 0. The van der Waals surface area contributed by atoms with Crippen LogP contribution in [0.1, 0.15) is 30.7 Å². The first kappa shape index (κ1) is 19.5. The number of aromatic nitrogens is 2. The molecule has 2 atom stereocenters. The molecular weight excluding hydrogens is 415 g/mol. The lowest BCUT2D eigenvalue weighted by Gasteiger charge is -2.31. The first-order chi connectivity index (χ1) is 11.2. The SMILES string of the molecule is CN=C(NCC1CCCN(C)C1)N1CCC(c2cnn(C)c2)C1.I. The number of aliphatic imine (C=N–C) groups is 1. The number of piperidine rings is 1. The molecule has 0 bridgehead atoms. The number of halogens is 1. The van der Waals surface area contributed by atoms with Gasteiger partial charge in [0.25, 0.3) is 0 Å². The Labute approximate surface area is 162 Å². The van der Waals surface area contributed by atoms with Gasteiger partial charge < -0.3 is 15.1 Å². The van der Waals surface area contributed by atoms with Crippen molar-refractivity contribution in [3.63, 3.8) is 0 Å². The summed E-state index contributed by atoms with van der Waals surface area (Å²) in [6.07, 6.45) is 7.96. The maximum absolute atomic E-state index is 4.50. The third-order valence-corrected chi connectivity index (χ3v) is 5.17. The molecule has 0 aromatic carbocycles. The van der Waals surface area contributed by atoms with Gasteiger partial charge in [0.2, 0.25) is 0 Å². The summed E-state index contributed by atoms with van der Waals surface area (Å²) in [7, 11) is 6.10. The van der Waals surface area contributed by atoms with Crippen molar-refractivity contribution in [3.8, 4) is 0 Å². The molecule has 1 aromatic rings. The third kappa shape index (κ3) is 4.84. The number of nitrogens with zero attached hydrogens (tertiary/aromatic N) is 5. The highest BCUT2D eigenvalue weighted by atomic mass is 127. The maximum atomic E-state index is 4.50. The topological polar surface area (TPSA) is 48.7 Å². The molecule has 2 aliphatic heterocycles. The van der Waals surface area contributed by atoms with Crippen molar-refractivity contribution < 1.29 is 0 Å². The number of hydrogen-bond donors (Lipinski definition) is 1. The number of hydrogen-bond acceptors (Lipinski definition) is 3. The fourth-order valence-corrected chi connectivity index (χ4v) is 3.88. The largest absolute Gasteiger partial charge is 0.356 e. The zero-order valence-electron chi connectivity index (χ0n) is 15.1. The molecule has 0 spiro atoms. The second kappa shape index (κ2) is 9.03. The van der Waals surface area contributed by atoms with Gasteiger partial charge in [0, 0.05) is 52.4 Å². The van der Waals surface area contributed by atoms with Crippen molar-refractivity contribution in [3.05, 3.63) is 18.0 Å². The van der Waals surface area contributed by atoms with Crippen molar-refractivity contribution in [2.45, 2.75) is 25.2 Å². The molecule has 0 radical (unpaired) electrons. The molecule has 3 rings (SSSR count). The van der Waals surface area contributed by atoms with Gasteiger partial charge in [-0.15, -0.1) is 24.0 Å². The Hall–Kier alpha value is -0.830. The van der Waals surface area contributed by atoms with E-state index in [2.05, 4.69) is 38.5 Å². The van der Waals surface area contributed by atoms with Gasteiger partial charge in [-0.2, -0.15) is 5.10 Å². The average molecular weight is 446 g/mol. The number of guanidine groups is 1. The Balaban J connectivity index is 0.00000208. The molecule has 2 fully saturated rings. The molecule has 6 nitrogen and oxygen atoms in total. The van der Waals surface area contributed by atoms with Crippen LogP contribution in [0.5, 0.6) is 0 Å². The highest BCUT2D eigenvalue weighted by Gasteiger charge is 2.27. The normalized spacial score (nSPS) is 25.6. The van der Waals surface area contributed by atoms with E-state index in [1.807, 2.05) is 25.0 Å².